The number of nitrogens with two attached hydrogens (primary N) is 1. The summed E-state index contributed by atoms with van der Waals surface area (Å²) in [6, 6.07) is 0. The Bertz CT molecular complexity index is 217. The van der Waals surface area contributed by atoms with Crippen molar-refractivity contribution in [2.24, 2.45) is 17.6 Å². The number of hydrogen-bond donors (Lipinski definition) is 1. The van der Waals surface area contributed by atoms with E-state index in [4.69, 9.17) is 5.73 Å². The van der Waals surface area contributed by atoms with Crippen LogP contribution >= 0.6 is 0 Å². The first-order valence-corrected chi connectivity index (χ1v) is 8.45. The largest absolute Gasteiger partial charge is 0.329 e. The van der Waals surface area contributed by atoms with E-state index >= 15 is 0 Å². The van der Waals surface area contributed by atoms with Gasteiger partial charge in [0.2, 0.25) is 0 Å². The van der Waals surface area contributed by atoms with Gasteiger partial charge in [-0.05, 0) is 24.7 Å². The van der Waals surface area contributed by atoms with Crippen molar-refractivity contribution in [3.05, 3.63) is 0 Å². The van der Waals surface area contributed by atoms with Gasteiger partial charge in [-0.2, -0.15) is 0 Å². The zero-order valence-corrected chi connectivity index (χ0v) is 13.8. The molecule has 0 aromatic rings. The normalized spacial score (nSPS) is 20.8. The molecular formula is C17H36N2. The van der Waals surface area contributed by atoms with E-state index in [1.807, 2.05) is 0 Å². The van der Waals surface area contributed by atoms with E-state index in [9.17, 15) is 0 Å². The summed E-state index contributed by atoms with van der Waals surface area (Å²) in [6.45, 7) is 12.6. The van der Waals surface area contributed by atoms with Crippen LogP contribution in [-0.4, -0.2) is 30.1 Å². The lowest BCUT2D eigenvalue weighted by Crippen LogP contribution is -2.56. The van der Waals surface area contributed by atoms with Crippen LogP contribution in [0.2, 0.25) is 0 Å². The Kier molecular flexibility index (Phi) is 7.38. The zero-order valence-electron chi connectivity index (χ0n) is 13.8. The van der Waals surface area contributed by atoms with Crippen molar-refractivity contribution in [2.45, 2.75) is 78.2 Å². The van der Waals surface area contributed by atoms with Crippen molar-refractivity contribution >= 4 is 0 Å². The van der Waals surface area contributed by atoms with Crippen molar-refractivity contribution < 1.29 is 0 Å². The quantitative estimate of drug-likeness (QED) is 0.787. The van der Waals surface area contributed by atoms with E-state index in [-0.39, 0.29) is 5.54 Å². The van der Waals surface area contributed by atoms with Gasteiger partial charge < -0.3 is 5.73 Å². The predicted octanol–water partition coefficient (Wildman–Crippen LogP) is 4.04. The Balaban J connectivity index is 2.82. The van der Waals surface area contributed by atoms with Gasteiger partial charge in [0, 0.05) is 25.2 Å². The summed E-state index contributed by atoms with van der Waals surface area (Å²) in [7, 11) is 0. The van der Waals surface area contributed by atoms with Crippen molar-refractivity contribution in [3.63, 3.8) is 0 Å². The zero-order chi connectivity index (χ0) is 14.3. The van der Waals surface area contributed by atoms with E-state index < -0.39 is 0 Å². The van der Waals surface area contributed by atoms with Gasteiger partial charge in [0.05, 0.1) is 0 Å². The van der Waals surface area contributed by atoms with Crippen LogP contribution in [0.1, 0.15) is 72.6 Å². The number of hydrogen-bond acceptors (Lipinski definition) is 2. The predicted molar refractivity (Wildman–Crippen MR) is 85.4 cm³/mol. The molecule has 1 rings (SSSR count). The molecule has 0 aromatic heterocycles. The molecule has 1 aliphatic carbocycles. The molecule has 1 fully saturated rings. The van der Waals surface area contributed by atoms with Crippen LogP contribution < -0.4 is 5.73 Å². The maximum Gasteiger partial charge on any atom is 0.0331 e. The second kappa shape index (κ2) is 8.26. The van der Waals surface area contributed by atoms with Gasteiger partial charge in [0.15, 0.2) is 0 Å². The molecule has 0 unspecified atom stereocenters. The fourth-order valence-electron chi connectivity index (χ4n) is 3.56. The van der Waals surface area contributed by atoms with Crippen molar-refractivity contribution in [3.8, 4) is 0 Å². The van der Waals surface area contributed by atoms with Crippen LogP contribution in [-0.2, 0) is 0 Å². The molecule has 0 spiro atoms. The van der Waals surface area contributed by atoms with Gasteiger partial charge in [0.25, 0.3) is 0 Å². The molecule has 0 heterocycles. The van der Waals surface area contributed by atoms with Crippen LogP contribution in [0, 0.1) is 11.8 Å². The molecule has 0 atom stereocenters. The maximum absolute atomic E-state index is 6.27. The van der Waals surface area contributed by atoms with Crippen LogP contribution in [0.4, 0.5) is 0 Å². The first kappa shape index (κ1) is 17.0. The molecule has 0 saturated heterocycles. The van der Waals surface area contributed by atoms with Crippen molar-refractivity contribution in [1.29, 1.82) is 0 Å². The summed E-state index contributed by atoms with van der Waals surface area (Å²) in [5.74, 6) is 1.46. The molecule has 1 saturated carbocycles. The molecule has 2 nitrogen and oxygen atoms in total. The summed E-state index contributed by atoms with van der Waals surface area (Å²) >= 11 is 0. The molecule has 0 aliphatic heterocycles. The SMILES string of the molecule is CC(C)CN(CC(C)C)C1(CN)CCCCCCC1. The van der Waals surface area contributed by atoms with E-state index in [2.05, 4.69) is 32.6 Å². The fourth-order valence-corrected chi connectivity index (χ4v) is 3.56. The highest BCUT2D eigenvalue weighted by Gasteiger charge is 2.35. The van der Waals surface area contributed by atoms with E-state index in [0.717, 1.165) is 18.4 Å². The molecule has 19 heavy (non-hydrogen) atoms. The fraction of sp³-hybridized carbons (Fsp3) is 1.00. The molecule has 1 aliphatic rings. The highest BCUT2D eigenvalue weighted by molar-refractivity contribution is 4.93. The third-order valence-corrected chi connectivity index (χ3v) is 4.51. The standard InChI is InChI=1S/C17H36N2/c1-15(2)12-19(13-16(3)4)17(14-18)10-8-6-5-7-9-11-17/h15-16H,5-14,18H2,1-4H3. The van der Waals surface area contributed by atoms with Crippen molar-refractivity contribution in [2.75, 3.05) is 19.6 Å². The van der Waals surface area contributed by atoms with E-state index in [0.29, 0.717) is 0 Å². The molecule has 2 heteroatoms. The van der Waals surface area contributed by atoms with Crippen LogP contribution in [0.5, 0.6) is 0 Å². The van der Waals surface area contributed by atoms with Gasteiger partial charge in [-0.3, -0.25) is 4.90 Å². The Morgan fingerprint density at radius 3 is 1.63 bits per heavy atom. The molecule has 0 radical (unpaired) electrons. The topological polar surface area (TPSA) is 29.3 Å². The molecular weight excluding hydrogens is 232 g/mol. The molecule has 2 N–H and O–H groups in total. The average molecular weight is 268 g/mol. The van der Waals surface area contributed by atoms with Gasteiger partial charge in [0.1, 0.15) is 0 Å². The van der Waals surface area contributed by atoms with Crippen LogP contribution in [0.3, 0.4) is 0 Å². The second-order valence-electron chi connectivity index (χ2n) is 7.39. The van der Waals surface area contributed by atoms with Crippen LogP contribution in [0.25, 0.3) is 0 Å². The minimum atomic E-state index is 0.287. The lowest BCUT2D eigenvalue weighted by molar-refractivity contribution is 0.0450. The average Bonchev–Trinajstić information content (AvgIpc) is 2.27. The Labute approximate surface area is 121 Å². The lowest BCUT2D eigenvalue weighted by atomic mass is 9.81. The smallest absolute Gasteiger partial charge is 0.0331 e. The highest BCUT2D eigenvalue weighted by Crippen LogP contribution is 2.32. The molecule has 0 aromatic carbocycles. The second-order valence-corrected chi connectivity index (χ2v) is 7.39. The lowest BCUT2D eigenvalue weighted by Gasteiger charge is -2.46. The van der Waals surface area contributed by atoms with Gasteiger partial charge in [-0.1, -0.05) is 59.8 Å². The highest BCUT2D eigenvalue weighted by atomic mass is 15.2. The van der Waals surface area contributed by atoms with Crippen molar-refractivity contribution in [1.82, 2.24) is 4.90 Å². The Morgan fingerprint density at radius 2 is 1.26 bits per heavy atom. The summed E-state index contributed by atoms with van der Waals surface area (Å²) < 4.78 is 0. The summed E-state index contributed by atoms with van der Waals surface area (Å²) in [4.78, 5) is 2.74. The Morgan fingerprint density at radius 1 is 0.842 bits per heavy atom. The van der Waals surface area contributed by atoms with E-state index in [1.54, 1.807) is 0 Å². The third kappa shape index (κ3) is 5.43. The monoisotopic (exact) mass is 268 g/mol. The molecule has 114 valence electrons. The first-order valence-electron chi connectivity index (χ1n) is 8.45. The van der Waals surface area contributed by atoms with Gasteiger partial charge >= 0.3 is 0 Å². The first-order chi connectivity index (χ1) is 9.00. The summed E-state index contributed by atoms with van der Waals surface area (Å²) in [6.07, 6.45) is 9.58. The van der Waals surface area contributed by atoms with Crippen LogP contribution in [0.15, 0.2) is 0 Å². The minimum absolute atomic E-state index is 0.287. The van der Waals surface area contributed by atoms with Gasteiger partial charge in [-0.15, -0.1) is 0 Å². The number of nitrogens with zero attached hydrogens (tertiary/aromatic N) is 1. The Hall–Kier alpha value is -0.0800. The van der Waals surface area contributed by atoms with E-state index in [1.165, 1.54) is 58.0 Å². The minimum Gasteiger partial charge on any atom is -0.329 e. The summed E-state index contributed by atoms with van der Waals surface area (Å²) in [5.41, 5.74) is 6.56. The summed E-state index contributed by atoms with van der Waals surface area (Å²) in [5, 5.41) is 0. The van der Waals surface area contributed by atoms with Gasteiger partial charge in [-0.25, -0.2) is 0 Å². The maximum atomic E-state index is 6.27. The molecule has 0 bridgehead atoms. The third-order valence-electron chi connectivity index (χ3n) is 4.51. The number of rotatable bonds is 6. The molecule has 0 amide bonds.